The van der Waals surface area contributed by atoms with Gasteiger partial charge in [0.15, 0.2) is 0 Å². The maximum absolute atomic E-state index is 11.8. The molecule has 106 valence electrons. The lowest BCUT2D eigenvalue weighted by Gasteiger charge is -2.39. The van der Waals surface area contributed by atoms with Crippen molar-refractivity contribution in [2.24, 2.45) is 5.92 Å². The number of hydrogen-bond donors (Lipinski definition) is 3. The van der Waals surface area contributed by atoms with Crippen molar-refractivity contribution in [2.75, 3.05) is 6.54 Å². The van der Waals surface area contributed by atoms with E-state index in [1.54, 1.807) is 6.92 Å². The van der Waals surface area contributed by atoms with Crippen molar-refractivity contribution in [2.45, 2.75) is 51.5 Å². The number of carbonyl (C=O) groups excluding carboxylic acids is 1. The molecular weight excluding hydrogens is 244 g/mol. The normalized spacial score (nSPS) is 25.9. The Hall–Kier alpha value is -1.70. The number of aliphatic carboxylic acids is 1. The molecule has 2 unspecified atom stereocenters. The van der Waals surface area contributed by atoms with E-state index in [4.69, 9.17) is 0 Å². The number of carbonyl (C=O) groups is 2. The minimum absolute atomic E-state index is 0.0556. The fourth-order valence-electron chi connectivity index (χ4n) is 2.51. The molecule has 0 aromatic heterocycles. The predicted octanol–water partition coefficient (Wildman–Crippen LogP) is 1.73. The highest BCUT2D eigenvalue weighted by Gasteiger charge is 2.46. The van der Waals surface area contributed by atoms with E-state index in [1.807, 2.05) is 6.92 Å². The van der Waals surface area contributed by atoms with E-state index in [2.05, 4.69) is 22.5 Å². The van der Waals surface area contributed by atoms with Crippen LogP contribution in [-0.4, -0.2) is 29.2 Å². The molecule has 1 saturated carbocycles. The van der Waals surface area contributed by atoms with Crippen LogP contribution in [0.2, 0.25) is 0 Å². The van der Waals surface area contributed by atoms with Gasteiger partial charge in [0, 0.05) is 13.0 Å². The lowest BCUT2D eigenvalue weighted by molar-refractivity contribution is -0.148. The third-order valence-electron chi connectivity index (χ3n) is 3.73. The molecule has 5 heteroatoms. The van der Waals surface area contributed by atoms with E-state index in [-0.39, 0.29) is 5.92 Å². The first kappa shape index (κ1) is 15.4. The van der Waals surface area contributed by atoms with Crippen molar-refractivity contribution in [3.63, 3.8) is 0 Å². The largest absolute Gasteiger partial charge is 0.479 e. The molecule has 0 spiro atoms. The van der Waals surface area contributed by atoms with Gasteiger partial charge in [-0.3, -0.25) is 0 Å². The van der Waals surface area contributed by atoms with Crippen LogP contribution < -0.4 is 10.6 Å². The zero-order chi connectivity index (χ0) is 14.3. The molecule has 1 rings (SSSR count). The van der Waals surface area contributed by atoms with Gasteiger partial charge in [-0.05, 0) is 25.7 Å². The number of hydrogen-bond acceptors (Lipinski definition) is 2. The third-order valence-corrected chi connectivity index (χ3v) is 3.73. The fourth-order valence-corrected chi connectivity index (χ4v) is 2.51. The highest BCUT2D eigenvalue weighted by atomic mass is 16.4. The first-order chi connectivity index (χ1) is 9.03. The Kier molecular flexibility index (Phi) is 5.68. The van der Waals surface area contributed by atoms with Gasteiger partial charge in [0.1, 0.15) is 5.54 Å². The molecule has 1 fully saturated rings. The smallest absolute Gasteiger partial charge is 0.329 e. The van der Waals surface area contributed by atoms with Crippen molar-refractivity contribution in [1.82, 2.24) is 10.6 Å². The lowest BCUT2D eigenvalue weighted by Crippen LogP contribution is -2.61. The van der Waals surface area contributed by atoms with Crippen molar-refractivity contribution in [3.05, 3.63) is 0 Å². The number of rotatable bonds is 4. The van der Waals surface area contributed by atoms with Crippen LogP contribution in [0.1, 0.15) is 46.0 Å². The van der Waals surface area contributed by atoms with Gasteiger partial charge in [-0.25, -0.2) is 9.59 Å². The molecule has 2 amide bonds. The second-order valence-electron chi connectivity index (χ2n) is 4.98. The van der Waals surface area contributed by atoms with Crippen LogP contribution >= 0.6 is 0 Å². The molecule has 19 heavy (non-hydrogen) atoms. The number of amides is 2. The SMILES string of the molecule is CC#CCCNC(=O)NC1(C(=O)O)CCCCC1C. The van der Waals surface area contributed by atoms with Gasteiger partial charge < -0.3 is 15.7 Å². The Bertz CT molecular complexity index is 397. The van der Waals surface area contributed by atoms with Crippen LogP contribution in [0, 0.1) is 17.8 Å². The molecule has 0 aromatic carbocycles. The molecule has 0 bridgehead atoms. The van der Waals surface area contributed by atoms with Crippen LogP contribution in [-0.2, 0) is 4.79 Å². The van der Waals surface area contributed by atoms with Gasteiger partial charge in [0.05, 0.1) is 0 Å². The molecule has 0 radical (unpaired) electrons. The molecule has 5 nitrogen and oxygen atoms in total. The standard InChI is InChI=1S/C14H22N2O3/c1-3-4-7-10-15-13(19)16-14(12(17)18)9-6-5-8-11(14)2/h11H,5-10H2,1-2H3,(H,17,18)(H2,15,16,19). The average Bonchev–Trinajstić information content (AvgIpc) is 2.37. The third kappa shape index (κ3) is 3.88. The van der Waals surface area contributed by atoms with Gasteiger partial charge in [-0.15, -0.1) is 11.8 Å². The molecular formula is C14H22N2O3. The second-order valence-corrected chi connectivity index (χ2v) is 4.98. The Morgan fingerprint density at radius 2 is 2.16 bits per heavy atom. The summed E-state index contributed by atoms with van der Waals surface area (Å²) in [5.41, 5.74) is -1.13. The maximum atomic E-state index is 11.8. The summed E-state index contributed by atoms with van der Waals surface area (Å²) >= 11 is 0. The Morgan fingerprint density at radius 1 is 1.42 bits per heavy atom. The lowest BCUT2D eigenvalue weighted by atomic mass is 9.73. The highest BCUT2D eigenvalue weighted by Crippen LogP contribution is 2.33. The summed E-state index contributed by atoms with van der Waals surface area (Å²) in [6, 6.07) is -0.422. The molecule has 1 aliphatic rings. The Morgan fingerprint density at radius 3 is 2.74 bits per heavy atom. The van der Waals surface area contributed by atoms with Crippen LogP contribution in [0.5, 0.6) is 0 Å². The molecule has 0 heterocycles. The summed E-state index contributed by atoms with van der Waals surface area (Å²) in [6.45, 7) is 4.05. The minimum Gasteiger partial charge on any atom is -0.479 e. The minimum atomic E-state index is -1.13. The summed E-state index contributed by atoms with van der Waals surface area (Å²) in [6.07, 6.45) is 3.74. The summed E-state index contributed by atoms with van der Waals surface area (Å²) in [4.78, 5) is 23.3. The van der Waals surface area contributed by atoms with Gasteiger partial charge >= 0.3 is 12.0 Å². The van der Waals surface area contributed by atoms with Crippen LogP contribution in [0.15, 0.2) is 0 Å². The number of carboxylic acid groups (broad SMARTS) is 1. The summed E-state index contributed by atoms with van der Waals surface area (Å²) < 4.78 is 0. The van der Waals surface area contributed by atoms with Crippen molar-refractivity contribution in [1.29, 1.82) is 0 Å². The molecule has 1 aliphatic carbocycles. The molecule has 0 aliphatic heterocycles. The number of urea groups is 1. The zero-order valence-electron chi connectivity index (χ0n) is 11.6. The van der Waals surface area contributed by atoms with E-state index in [1.165, 1.54) is 0 Å². The van der Waals surface area contributed by atoms with Gasteiger partial charge in [0.2, 0.25) is 0 Å². The van der Waals surface area contributed by atoms with Gasteiger partial charge in [-0.1, -0.05) is 19.8 Å². The topological polar surface area (TPSA) is 78.4 Å². The first-order valence-corrected chi connectivity index (χ1v) is 6.72. The van der Waals surface area contributed by atoms with Crippen molar-refractivity contribution >= 4 is 12.0 Å². The van der Waals surface area contributed by atoms with Crippen LogP contribution in [0.3, 0.4) is 0 Å². The van der Waals surface area contributed by atoms with E-state index in [9.17, 15) is 14.7 Å². The molecule has 0 saturated heterocycles. The van der Waals surface area contributed by atoms with Crippen molar-refractivity contribution in [3.8, 4) is 11.8 Å². The zero-order valence-corrected chi connectivity index (χ0v) is 11.6. The quantitative estimate of drug-likeness (QED) is 0.535. The fraction of sp³-hybridized carbons (Fsp3) is 0.714. The highest BCUT2D eigenvalue weighted by molar-refractivity contribution is 5.86. The summed E-state index contributed by atoms with van der Waals surface area (Å²) in [5, 5.41) is 14.8. The first-order valence-electron chi connectivity index (χ1n) is 6.72. The Balaban J connectivity index is 2.60. The van der Waals surface area contributed by atoms with Crippen LogP contribution in [0.4, 0.5) is 4.79 Å². The van der Waals surface area contributed by atoms with E-state index >= 15 is 0 Å². The predicted molar refractivity (Wildman–Crippen MR) is 72.6 cm³/mol. The van der Waals surface area contributed by atoms with Gasteiger partial charge in [-0.2, -0.15) is 0 Å². The number of nitrogens with one attached hydrogen (secondary N) is 2. The van der Waals surface area contributed by atoms with Gasteiger partial charge in [0.25, 0.3) is 0 Å². The van der Waals surface area contributed by atoms with Crippen LogP contribution in [0.25, 0.3) is 0 Å². The summed E-state index contributed by atoms with van der Waals surface area (Å²) in [7, 11) is 0. The Labute approximate surface area is 114 Å². The van der Waals surface area contributed by atoms with E-state index in [0.29, 0.717) is 19.4 Å². The van der Waals surface area contributed by atoms with E-state index in [0.717, 1.165) is 19.3 Å². The molecule has 3 N–H and O–H groups in total. The second kappa shape index (κ2) is 7.03. The van der Waals surface area contributed by atoms with Crippen molar-refractivity contribution < 1.29 is 14.7 Å². The summed E-state index contributed by atoms with van der Waals surface area (Å²) in [5.74, 6) is 4.58. The maximum Gasteiger partial charge on any atom is 0.329 e. The number of carboxylic acids is 1. The molecule has 0 aromatic rings. The van der Waals surface area contributed by atoms with E-state index < -0.39 is 17.5 Å². The molecule has 2 atom stereocenters. The monoisotopic (exact) mass is 266 g/mol. The average molecular weight is 266 g/mol.